The largest absolute Gasteiger partial charge is 0.507 e. The number of hydrogen-bond donors (Lipinski definition) is 3. The van der Waals surface area contributed by atoms with Crippen molar-refractivity contribution in [3.05, 3.63) is 46.0 Å². The number of benzene rings is 2. The molecule has 0 unspecified atom stereocenters. The maximum absolute atomic E-state index is 12.1. The van der Waals surface area contributed by atoms with Crippen molar-refractivity contribution in [2.45, 2.75) is 6.92 Å². The molecular formula is C17H16ClNO5. The Balaban J connectivity index is 2.18. The normalized spacial score (nSPS) is 11.0. The molecule has 0 spiro atoms. The molecule has 2 aromatic carbocycles. The van der Waals surface area contributed by atoms with E-state index in [4.69, 9.17) is 16.3 Å². The number of rotatable bonds is 5. The van der Waals surface area contributed by atoms with Crippen LogP contribution in [0.5, 0.6) is 23.0 Å². The van der Waals surface area contributed by atoms with Gasteiger partial charge in [0.25, 0.3) is 0 Å². The summed E-state index contributed by atoms with van der Waals surface area (Å²) in [6.45, 7) is 1.49. The Hall–Kier alpha value is -2.73. The minimum Gasteiger partial charge on any atom is -0.507 e. The van der Waals surface area contributed by atoms with Gasteiger partial charge in [0.05, 0.1) is 7.11 Å². The number of Topliss-reactive ketones (excluding diaryl/α,β-unsaturated/α-hetero) is 1. The summed E-state index contributed by atoms with van der Waals surface area (Å²) in [5.74, 6) is -1.25. The molecule has 7 heteroatoms. The summed E-state index contributed by atoms with van der Waals surface area (Å²) in [5.41, 5.74) is 1.15. The van der Waals surface area contributed by atoms with Gasteiger partial charge in [0.15, 0.2) is 17.3 Å². The summed E-state index contributed by atoms with van der Waals surface area (Å²) in [6.07, 6.45) is 1.35. The van der Waals surface area contributed by atoms with Crippen molar-refractivity contribution in [1.82, 2.24) is 0 Å². The van der Waals surface area contributed by atoms with Crippen LogP contribution in [-0.4, -0.2) is 41.0 Å². The lowest BCUT2D eigenvalue weighted by Crippen LogP contribution is -2.04. The van der Waals surface area contributed by atoms with E-state index < -0.39 is 17.3 Å². The Morgan fingerprint density at radius 1 is 1.21 bits per heavy atom. The van der Waals surface area contributed by atoms with E-state index in [2.05, 4.69) is 4.99 Å². The van der Waals surface area contributed by atoms with Crippen LogP contribution in [0.3, 0.4) is 0 Å². The van der Waals surface area contributed by atoms with E-state index in [-0.39, 0.29) is 23.6 Å². The minimum atomic E-state index is -0.454. The zero-order valence-electron chi connectivity index (χ0n) is 13.1. The minimum absolute atomic E-state index is 0.00885. The number of aryl methyl sites for hydroxylation is 1. The summed E-state index contributed by atoms with van der Waals surface area (Å²) < 4.78 is 4.88. The number of carbonyl (C=O) groups is 1. The third-order valence-corrected chi connectivity index (χ3v) is 3.57. The molecule has 0 aromatic heterocycles. The Morgan fingerprint density at radius 2 is 1.92 bits per heavy atom. The molecule has 0 amide bonds. The number of carbonyl (C=O) groups excluding carboxylic acids is 1. The van der Waals surface area contributed by atoms with Crippen molar-refractivity contribution in [2.75, 3.05) is 13.7 Å². The van der Waals surface area contributed by atoms with Crippen LogP contribution >= 0.6 is 11.6 Å². The van der Waals surface area contributed by atoms with E-state index in [1.165, 1.54) is 25.5 Å². The third-order valence-electron chi connectivity index (χ3n) is 3.36. The van der Waals surface area contributed by atoms with Crippen molar-refractivity contribution in [3.63, 3.8) is 0 Å². The highest BCUT2D eigenvalue weighted by molar-refractivity contribution is 6.31. The SMILES string of the molecule is COc1cc(C(=O)CN=Cc2cc(Cl)cc(C)c2O)cc(O)c1O. The number of ketones is 1. The maximum Gasteiger partial charge on any atom is 0.200 e. The first-order valence-corrected chi connectivity index (χ1v) is 7.33. The molecule has 0 saturated carbocycles. The molecule has 0 atom stereocenters. The van der Waals surface area contributed by atoms with Gasteiger partial charge in [-0.15, -0.1) is 0 Å². The first-order chi connectivity index (χ1) is 11.3. The molecule has 0 aliphatic rings. The van der Waals surface area contributed by atoms with Crippen molar-refractivity contribution in [1.29, 1.82) is 0 Å². The van der Waals surface area contributed by atoms with Crippen molar-refractivity contribution in [2.24, 2.45) is 4.99 Å². The number of halogens is 1. The Labute approximate surface area is 143 Å². The Kier molecular flexibility index (Phi) is 5.31. The van der Waals surface area contributed by atoms with Crippen LogP contribution in [0.25, 0.3) is 0 Å². The molecule has 0 saturated heterocycles. The van der Waals surface area contributed by atoms with E-state index >= 15 is 0 Å². The van der Waals surface area contributed by atoms with Gasteiger partial charge in [0.2, 0.25) is 5.75 Å². The lowest BCUT2D eigenvalue weighted by Gasteiger charge is -2.07. The fraction of sp³-hybridized carbons (Fsp3) is 0.176. The van der Waals surface area contributed by atoms with Crippen LogP contribution < -0.4 is 4.74 Å². The van der Waals surface area contributed by atoms with Crippen LogP contribution in [-0.2, 0) is 0 Å². The van der Waals surface area contributed by atoms with Gasteiger partial charge in [0, 0.05) is 22.4 Å². The van der Waals surface area contributed by atoms with Crippen molar-refractivity contribution >= 4 is 23.6 Å². The van der Waals surface area contributed by atoms with Gasteiger partial charge in [0.1, 0.15) is 12.3 Å². The number of aromatic hydroxyl groups is 3. The standard InChI is InChI=1S/C17H16ClNO5/c1-9-3-12(18)4-11(16(9)22)7-19-8-14(21)10-5-13(20)17(23)15(6-10)24-2/h3-7,20,22-23H,8H2,1-2H3. The monoisotopic (exact) mass is 349 g/mol. The number of methoxy groups -OCH3 is 1. The zero-order valence-corrected chi connectivity index (χ0v) is 13.8. The molecule has 0 fully saturated rings. The number of hydrogen-bond acceptors (Lipinski definition) is 6. The number of nitrogens with zero attached hydrogens (tertiary/aromatic N) is 1. The highest BCUT2D eigenvalue weighted by Gasteiger charge is 2.14. The van der Waals surface area contributed by atoms with E-state index in [9.17, 15) is 20.1 Å². The number of aliphatic imine (C=N–C) groups is 1. The van der Waals surface area contributed by atoms with Crippen LogP contribution in [0.1, 0.15) is 21.5 Å². The molecular weight excluding hydrogens is 334 g/mol. The highest BCUT2D eigenvalue weighted by atomic mass is 35.5. The van der Waals surface area contributed by atoms with Crippen LogP contribution in [0.15, 0.2) is 29.3 Å². The first kappa shape index (κ1) is 17.6. The van der Waals surface area contributed by atoms with Gasteiger partial charge in [-0.1, -0.05) is 11.6 Å². The van der Waals surface area contributed by atoms with Gasteiger partial charge in [-0.3, -0.25) is 9.79 Å². The summed E-state index contributed by atoms with van der Waals surface area (Å²) in [4.78, 5) is 16.1. The van der Waals surface area contributed by atoms with Crippen LogP contribution in [0.2, 0.25) is 5.02 Å². The van der Waals surface area contributed by atoms with Crippen LogP contribution in [0.4, 0.5) is 0 Å². The quantitative estimate of drug-likeness (QED) is 0.437. The predicted molar refractivity (Wildman–Crippen MR) is 91.0 cm³/mol. The number of ether oxygens (including phenoxy) is 1. The smallest absolute Gasteiger partial charge is 0.200 e. The van der Waals surface area contributed by atoms with Crippen molar-refractivity contribution < 1.29 is 24.9 Å². The summed E-state index contributed by atoms with van der Waals surface area (Å²) in [6, 6.07) is 5.60. The molecule has 2 aromatic rings. The molecule has 126 valence electrons. The van der Waals surface area contributed by atoms with Crippen molar-refractivity contribution in [3.8, 4) is 23.0 Å². The molecule has 0 aliphatic heterocycles. The molecule has 0 bridgehead atoms. The van der Waals surface area contributed by atoms with Gasteiger partial charge in [-0.25, -0.2) is 0 Å². The third kappa shape index (κ3) is 3.78. The molecule has 2 rings (SSSR count). The number of phenolic OH excluding ortho intramolecular Hbond substituents is 3. The molecule has 6 nitrogen and oxygen atoms in total. The second-order valence-corrected chi connectivity index (χ2v) is 5.54. The van der Waals surface area contributed by atoms with Gasteiger partial charge < -0.3 is 20.1 Å². The summed E-state index contributed by atoms with van der Waals surface area (Å²) >= 11 is 5.92. The lowest BCUT2D eigenvalue weighted by atomic mass is 10.1. The first-order valence-electron chi connectivity index (χ1n) is 6.95. The summed E-state index contributed by atoms with van der Waals surface area (Å²) in [5, 5.41) is 29.5. The van der Waals surface area contributed by atoms with Gasteiger partial charge in [-0.05, 0) is 36.8 Å². The topological polar surface area (TPSA) is 99.4 Å². The Morgan fingerprint density at radius 3 is 2.58 bits per heavy atom. The average Bonchev–Trinajstić information content (AvgIpc) is 2.54. The lowest BCUT2D eigenvalue weighted by molar-refractivity contribution is 0.100. The number of phenols is 3. The molecule has 24 heavy (non-hydrogen) atoms. The average molecular weight is 350 g/mol. The maximum atomic E-state index is 12.1. The second kappa shape index (κ2) is 7.23. The van der Waals surface area contributed by atoms with E-state index in [1.54, 1.807) is 13.0 Å². The zero-order chi connectivity index (χ0) is 17.9. The van der Waals surface area contributed by atoms with E-state index in [0.717, 1.165) is 6.07 Å². The fourth-order valence-electron chi connectivity index (χ4n) is 2.09. The molecule has 3 N–H and O–H groups in total. The second-order valence-electron chi connectivity index (χ2n) is 5.10. The summed E-state index contributed by atoms with van der Waals surface area (Å²) in [7, 11) is 1.31. The van der Waals surface area contributed by atoms with Gasteiger partial charge >= 0.3 is 0 Å². The van der Waals surface area contributed by atoms with E-state index in [0.29, 0.717) is 16.1 Å². The Bertz CT molecular complexity index is 817. The molecule has 0 radical (unpaired) electrons. The highest BCUT2D eigenvalue weighted by Crippen LogP contribution is 2.36. The molecule has 0 heterocycles. The fourth-order valence-corrected chi connectivity index (χ4v) is 2.37. The van der Waals surface area contributed by atoms with Crippen LogP contribution in [0, 0.1) is 6.92 Å². The van der Waals surface area contributed by atoms with Gasteiger partial charge in [-0.2, -0.15) is 0 Å². The predicted octanol–water partition coefficient (Wildman–Crippen LogP) is 3.08. The van der Waals surface area contributed by atoms with E-state index in [1.807, 2.05) is 0 Å². The molecule has 0 aliphatic carbocycles.